The molecule has 13 nitrogen and oxygen atoms in total. The number of benzene rings is 1. The first-order valence-electron chi connectivity index (χ1n) is 13.6. The van der Waals surface area contributed by atoms with Crippen molar-refractivity contribution in [3.63, 3.8) is 0 Å². The summed E-state index contributed by atoms with van der Waals surface area (Å²) in [4.78, 5) is 68.5. The van der Waals surface area contributed by atoms with Gasteiger partial charge in [0, 0.05) is 38.7 Å². The fraction of sp³-hybridized carbons (Fsp3) is 0.429. The number of hydrogen-bond acceptors (Lipinski definition) is 8. The van der Waals surface area contributed by atoms with Crippen LogP contribution < -0.4 is 31.7 Å². The number of pyridine rings is 1. The Labute approximate surface area is 238 Å². The Balaban J connectivity index is 1.92. The number of anilines is 2. The number of carbonyl (C=O) groups excluding carboxylic acids is 5. The number of fused-ring (bicyclic) bond motifs is 3. The van der Waals surface area contributed by atoms with Gasteiger partial charge in [-0.15, -0.1) is 0 Å². The van der Waals surface area contributed by atoms with Crippen LogP contribution in [0, 0.1) is 0 Å². The topological polar surface area (TPSA) is 190 Å². The Morgan fingerprint density at radius 1 is 0.878 bits per heavy atom. The number of rotatable bonds is 10. The predicted octanol–water partition coefficient (Wildman–Crippen LogP) is 0.598. The number of aromatic nitrogens is 1. The van der Waals surface area contributed by atoms with Gasteiger partial charge in [0.15, 0.2) is 0 Å². The third kappa shape index (κ3) is 10.1. The van der Waals surface area contributed by atoms with Gasteiger partial charge in [0.1, 0.15) is 12.3 Å². The summed E-state index contributed by atoms with van der Waals surface area (Å²) in [7, 11) is 0. The average Bonchev–Trinajstić information content (AvgIpc) is 2.94. The molecule has 220 valence electrons. The number of para-hydroxylation sites is 2. The van der Waals surface area contributed by atoms with E-state index in [-0.39, 0.29) is 50.5 Å². The molecule has 2 bridgehead atoms. The van der Waals surface area contributed by atoms with Crippen molar-refractivity contribution in [2.24, 2.45) is 11.5 Å². The quantitative estimate of drug-likeness (QED) is 0.321. The summed E-state index contributed by atoms with van der Waals surface area (Å²) < 4.78 is 6.09. The zero-order valence-corrected chi connectivity index (χ0v) is 23.0. The van der Waals surface area contributed by atoms with Crippen LogP contribution >= 0.6 is 0 Å². The highest BCUT2D eigenvalue weighted by Gasteiger charge is 2.23. The summed E-state index contributed by atoms with van der Waals surface area (Å²) in [5.41, 5.74) is 11.6. The lowest BCUT2D eigenvalue weighted by molar-refractivity contribution is -0.123. The fourth-order valence-corrected chi connectivity index (χ4v) is 4.26. The first kappa shape index (κ1) is 30.9. The van der Waals surface area contributed by atoms with Crippen LogP contribution in [0.25, 0.3) is 0 Å². The van der Waals surface area contributed by atoms with Crippen molar-refractivity contribution in [2.75, 3.05) is 44.2 Å². The highest BCUT2D eigenvalue weighted by molar-refractivity contribution is 5.97. The molecule has 0 saturated heterocycles. The molecule has 2 aromatic rings. The van der Waals surface area contributed by atoms with Gasteiger partial charge in [-0.1, -0.05) is 25.0 Å². The van der Waals surface area contributed by atoms with Crippen molar-refractivity contribution in [1.29, 1.82) is 0 Å². The minimum Gasteiger partial charge on any atom is -0.491 e. The van der Waals surface area contributed by atoms with Crippen molar-refractivity contribution in [1.82, 2.24) is 20.5 Å². The third-order valence-corrected chi connectivity index (χ3v) is 6.33. The number of nitrogens with two attached hydrogens (primary N) is 2. The molecular formula is C28H37N7O6. The largest absolute Gasteiger partial charge is 0.491 e. The Morgan fingerprint density at radius 2 is 1.54 bits per heavy atom. The monoisotopic (exact) mass is 567 g/mol. The zero-order chi connectivity index (χ0) is 29.6. The molecule has 3 rings (SSSR count). The molecule has 1 aliphatic rings. The van der Waals surface area contributed by atoms with Crippen LogP contribution in [-0.4, -0.2) is 78.8 Å². The smallest absolute Gasteiger partial charge is 0.255 e. The van der Waals surface area contributed by atoms with E-state index >= 15 is 0 Å². The van der Waals surface area contributed by atoms with Crippen LogP contribution in [-0.2, 0) is 19.2 Å². The molecule has 2 heterocycles. The summed E-state index contributed by atoms with van der Waals surface area (Å²) in [5, 5.41) is 5.30. The van der Waals surface area contributed by atoms with E-state index in [4.69, 9.17) is 16.2 Å². The molecule has 5 amide bonds. The third-order valence-electron chi connectivity index (χ3n) is 6.33. The predicted molar refractivity (Wildman–Crippen MR) is 151 cm³/mol. The van der Waals surface area contributed by atoms with E-state index in [1.165, 1.54) is 17.3 Å². The maximum absolute atomic E-state index is 13.6. The van der Waals surface area contributed by atoms with Gasteiger partial charge in [-0.05, 0) is 31.0 Å². The Hall–Kier alpha value is -4.68. The molecule has 0 saturated carbocycles. The highest BCUT2D eigenvalue weighted by Crippen LogP contribution is 2.34. The Bertz CT molecular complexity index is 1240. The summed E-state index contributed by atoms with van der Waals surface area (Å²) in [5.74, 6) is -1.66. The van der Waals surface area contributed by atoms with Crippen molar-refractivity contribution in [3.8, 4) is 5.75 Å². The van der Waals surface area contributed by atoms with Crippen LogP contribution in [0.4, 0.5) is 11.4 Å². The van der Waals surface area contributed by atoms with Gasteiger partial charge in [-0.2, -0.15) is 0 Å². The Morgan fingerprint density at radius 3 is 2.24 bits per heavy atom. The van der Waals surface area contributed by atoms with Gasteiger partial charge in [0.25, 0.3) is 5.91 Å². The number of hydrogen-bond donors (Lipinski definition) is 4. The first-order valence-corrected chi connectivity index (χ1v) is 13.6. The number of carbonyl (C=O) groups is 5. The maximum Gasteiger partial charge on any atom is 0.255 e. The number of amides is 5. The van der Waals surface area contributed by atoms with Crippen LogP contribution in [0.2, 0.25) is 0 Å². The van der Waals surface area contributed by atoms with Gasteiger partial charge in [-0.3, -0.25) is 29.0 Å². The summed E-state index contributed by atoms with van der Waals surface area (Å²) in [6.45, 7) is 0.638. The van der Waals surface area contributed by atoms with Crippen molar-refractivity contribution < 1.29 is 28.7 Å². The molecule has 41 heavy (non-hydrogen) atoms. The molecule has 1 aromatic heterocycles. The minimum atomic E-state index is -0.532. The number of nitrogens with zero attached hydrogens (tertiary/aromatic N) is 3. The summed E-state index contributed by atoms with van der Waals surface area (Å²) >= 11 is 0. The van der Waals surface area contributed by atoms with Gasteiger partial charge >= 0.3 is 0 Å². The van der Waals surface area contributed by atoms with E-state index in [0.717, 1.165) is 19.3 Å². The van der Waals surface area contributed by atoms with E-state index in [1.54, 1.807) is 17.0 Å². The summed E-state index contributed by atoms with van der Waals surface area (Å²) in [6, 6.07) is 8.88. The van der Waals surface area contributed by atoms with Crippen LogP contribution in [0.3, 0.4) is 0 Å². The van der Waals surface area contributed by atoms with E-state index in [0.29, 0.717) is 36.7 Å². The van der Waals surface area contributed by atoms with E-state index in [2.05, 4.69) is 15.6 Å². The van der Waals surface area contributed by atoms with Crippen molar-refractivity contribution in [3.05, 3.63) is 48.3 Å². The molecule has 0 radical (unpaired) electrons. The standard InChI is InChI=1S/C28H37N7O6/c29-24(36)9-11-32-26(38)18-34-13-5-1-2-6-14-41-23-8-4-3-7-22(23)35(19-27(39)33-12-10-25(30)37)21-15-20(28(34)40)16-31-17-21/h3-4,7-8,15-17H,1-2,5-6,9-14,18-19H2,(H2,29,36)(H2,30,37)(H,32,38)(H,33,39). The van der Waals surface area contributed by atoms with E-state index in [9.17, 15) is 24.0 Å². The minimum absolute atomic E-state index is 0.00113. The van der Waals surface area contributed by atoms with Crippen molar-refractivity contribution >= 4 is 40.9 Å². The van der Waals surface area contributed by atoms with Crippen LogP contribution in [0.15, 0.2) is 42.7 Å². The first-order chi connectivity index (χ1) is 19.7. The highest BCUT2D eigenvalue weighted by atomic mass is 16.5. The molecule has 0 fully saturated rings. The van der Waals surface area contributed by atoms with Gasteiger partial charge in [0.2, 0.25) is 23.6 Å². The summed E-state index contributed by atoms with van der Waals surface area (Å²) in [6.07, 6.45) is 6.09. The lowest BCUT2D eigenvalue weighted by Gasteiger charge is -2.27. The molecule has 0 aliphatic carbocycles. The zero-order valence-electron chi connectivity index (χ0n) is 23.0. The van der Waals surface area contributed by atoms with Crippen molar-refractivity contribution in [2.45, 2.75) is 38.5 Å². The van der Waals surface area contributed by atoms with E-state index in [1.807, 2.05) is 18.2 Å². The Kier molecular flexibility index (Phi) is 11.9. The lowest BCUT2D eigenvalue weighted by atomic mass is 10.1. The SMILES string of the molecule is NC(=O)CCNC(=O)CN1CCCCCCOc2ccccc2N(CC(=O)NCCC(N)=O)c2cncc(c2)C1=O. The molecule has 13 heteroatoms. The number of nitrogens with one attached hydrogen (secondary N) is 2. The molecule has 0 atom stereocenters. The second-order valence-electron chi connectivity index (χ2n) is 9.61. The van der Waals surface area contributed by atoms with Gasteiger partial charge in [0.05, 0.1) is 36.3 Å². The second-order valence-corrected chi connectivity index (χ2v) is 9.61. The maximum atomic E-state index is 13.6. The van der Waals surface area contributed by atoms with Gasteiger partial charge in [-0.25, -0.2) is 0 Å². The molecule has 1 aliphatic heterocycles. The molecule has 0 unspecified atom stereocenters. The van der Waals surface area contributed by atoms with Crippen LogP contribution in [0.5, 0.6) is 5.75 Å². The van der Waals surface area contributed by atoms with E-state index < -0.39 is 23.6 Å². The fourth-order valence-electron chi connectivity index (χ4n) is 4.26. The average molecular weight is 568 g/mol. The molecule has 6 N–H and O–H groups in total. The normalized spacial score (nSPS) is 14.1. The van der Waals surface area contributed by atoms with Gasteiger partial charge < -0.3 is 36.6 Å². The lowest BCUT2D eigenvalue weighted by Crippen LogP contribution is -2.42. The second kappa shape index (κ2) is 15.8. The number of ether oxygens (including phenoxy) is 1. The molecular weight excluding hydrogens is 530 g/mol. The number of primary amides is 2. The molecule has 0 spiro atoms. The van der Waals surface area contributed by atoms with Crippen LogP contribution in [0.1, 0.15) is 48.9 Å². The molecule has 1 aromatic carbocycles.